The molecule has 0 bridgehead atoms. The lowest BCUT2D eigenvalue weighted by Crippen LogP contribution is -1.77. The van der Waals surface area contributed by atoms with Crippen LogP contribution in [-0.2, 0) is 6.42 Å². The van der Waals surface area contributed by atoms with E-state index >= 15 is 0 Å². The molecule has 2 heteroatoms. The summed E-state index contributed by atoms with van der Waals surface area (Å²) >= 11 is 1.33. The van der Waals surface area contributed by atoms with Crippen LogP contribution < -0.4 is 0 Å². The van der Waals surface area contributed by atoms with Gasteiger partial charge in [0.15, 0.2) is 5.06 Å². The minimum atomic E-state index is 0.384. The van der Waals surface area contributed by atoms with Crippen LogP contribution in [-0.4, -0.2) is 5.11 Å². The Morgan fingerprint density at radius 1 is 0.737 bits per heavy atom. The van der Waals surface area contributed by atoms with E-state index in [9.17, 15) is 0 Å². The van der Waals surface area contributed by atoms with E-state index in [0.29, 0.717) is 5.06 Å². The molecule has 1 N–H and O–H groups in total. The molecule has 0 saturated carbocycles. The van der Waals surface area contributed by atoms with Gasteiger partial charge >= 0.3 is 0 Å². The van der Waals surface area contributed by atoms with Crippen LogP contribution >= 0.6 is 11.3 Å². The highest BCUT2D eigenvalue weighted by Crippen LogP contribution is 2.35. The lowest BCUT2D eigenvalue weighted by atomic mass is 10.1. The van der Waals surface area contributed by atoms with E-state index in [0.717, 1.165) is 6.42 Å². The first-order valence-electron chi connectivity index (χ1n) is 6.23. The third-order valence-corrected chi connectivity index (χ3v) is 3.88. The molecule has 3 aromatic rings. The molecule has 4 rings (SSSR count). The second kappa shape index (κ2) is 5.29. The molecule has 0 fully saturated rings. The van der Waals surface area contributed by atoms with Gasteiger partial charge < -0.3 is 5.11 Å². The van der Waals surface area contributed by atoms with Crippen LogP contribution in [0.5, 0.6) is 5.06 Å². The average molecular weight is 266 g/mol. The van der Waals surface area contributed by atoms with Gasteiger partial charge in [0.05, 0.1) is 0 Å². The highest BCUT2D eigenvalue weighted by atomic mass is 32.1. The summed E-state index contributed by atoms with van der Waals surface area (Å²) in [7, 11) is 0. The van der Waals surface area contributed by atoms with Crippen LogP contribution in [0.1, 0.15) is 11.1 Å². The van der Waals surface area contributed by atoms with Crippen molar-refractivity contribution < 1.29 is 5.11 Å². The van der Waals surface area contributed by atoms with E-state index in [1.807, 2.05) is 5.38 Å². The molecule has 0 radical (unpaired) electrons. The Bertz CT molecular complexity index is 628. The molecule has 1 nitrogen and oxygen atoms in total. The monoisotopic (exact) mass is 266 g/mol. The number of hydrogen-bond donors (Lipinski definition) is 1. The van der Waals surface area contributed by atoms with Crippen molar-refractivity contribution in [2.24, 2.45) is 0 Å². The van der Waals surface area contributed by atoms with E-state index in [4.69, 9.17) is 5.11 Å². The van der Waals surface area contributed by atoms with Crippen molar-refractivity contribution >= 4 is 11.3 Å². The van der Waals surface area contributed by atoms with Gasteiger partial charge in [0.2, 0.25) is 0 Å². The van der Waals surface area contributed by atoms with Crippen LogP contribution in [0.3, 0.4) is 0 Å². The molecule has 1 aliphatic rings. The Hall–Kier alpha value is -2.06. The highest BCUT2D eigenvalue weighted by molar-refractivity contribution is 7.11. The lowest BCUT2D eigenvalue weighted by Gasteiger charge is -1.98. The largest absolute Gasteiger partial charge is 0.499 e. The van der Waals surface area contributed by atoms with Crippen molar-refractivity contribution in [3.05, 3.63) is 77.2 Å². The van der Waals surface area contributed by atoms with Crippen molar-refractivity contribution in [3.8, 4) is 16.2 Å². The molecule has 1 heterocycles. The predicted molar refractivity (Wildman–Crippen MR) is 80.7 cm³/mol. The van der Waals surface area contributed by atoms with Crippen molar-refractivity contribution in [1.82, 2.24) is 0 Å². The Morgan fingerprint density at radius 2 is 1.32 bits per heavy atom. The quantitative estimate of drug-likeness (QED) is 0.488. The molecule has 0 unspecified atom stereocenters. The van der Waals surface area contributed by atoms with E-state index in [1.54, 1.807) is 12.1 Å². The zero-order chi connectivity index (χ0) is 13.1. The molecular weight excluding hydrogens is 252 g/mol. The van der Waals surface area contributed by atoms with Crippen LogP contribution in [0.4, 0.5) is 0 Å². The third kappa shape index (κ3) is 2.54. The summed E-state index contributed by atoms with van der Waals surface area (Å²) in [6, 6.07) is 20.8. The van der Waals surface area contributed by atoms with Gasteiger partial charge in [0.25, 0.3) is 0 Å². The van der Waals surface area contributed by atoms with E-state index in [1.165, 1.54) is 33.6 Å². The fourth-order valence-electron chi connectivity index (χ4n) is 2.35. The summed E-state index contributed by atoms with van der Waals surface area (Å²) in [5.74, 6) is 0. The number of benzene rings is 2. The predicted octanol–water partition coefficient (Wildman–Crippen LogP) is 4.71. The molecule has 0 spiro atoms. The third-order valence-electron chi connectivity index (χ3n) is 3.21. The molecule has 0 atom stereocenters. The zero-order valence-corrected chi connectivity index (χ0v) is 11.2. The summed E-state index contributed by atoms with van der Waals surface area (Å²) < 4.78 is 0. The minimum absolute atomic E-state index is 0.384. The van der Waals surface area contributed by atoms with Crippen LogP contribution in [0.15, 0.2) is 66.0 Å². The highest BCUT2D eigenvalue weighted by Gasteiger charge is 2.15. The molecule has 1 aliphatic carbocycles. The Balaban J connectivity index is 0.000000155. The van der Waals surface area contributed by atoms with E-state index in [2.05, 4.69) is 48.5 Å². The molecule has 0 saturated heterocycles. The summed E-state index contributed by atoms with van der Waals surface area (Å²) in [4.78, 5) is 0. The minimum Gasteiger partial charge on any atom is -0.499 e. The Morgan fingerprint density at radius 3 is 1.74 bits per heavy atom. The summed E-state index contributed by atoms with van der Waals surface area (Å²) in [5.41, 5.74) is 5.75. The maximum absolute atomic E-state index is 8.49. The van der Waals surface area contributed by atoms with Gasteiger partial charge in [-0.05, 0) is 46.2 Å². The summed E-state index contributed by atoms with van der Waals surface area (Å²) in [6.45, 7) is 0. The van der Waals surface area contributed by atoms with Crippen LogP contribution in [0, 0.1) is 0 Å². The number of thiophene rings is 1. The van der Waals surface area contributed by atoms with Gasteiger partial charge in [0, 0.05) is 0 Å². The van der Waals surface area contributed by atoms with Gasteiger partial charge in [-0.2, -0.15) is 0 Å². The maximum atomic E-state index is 8.49. The molecule has 0 amide bonds. The fourth-order valence-corrected chi connectivity index (χ4v) is 2.80. The van der Waals surface area contributed by atoms with Crippen molar-refractivity contribution in [3.63, 3.8) is 0 Å². The van der Waals surface area contributed by atoms with E-state index < -0.39 is 0 Å². The second-order valence-electron chi connectivity index (χ2n) is 4.44. The molecule has 94 valence electrons. The zero-order valence-electron chi connectivity index (χ0n) is 10.4. The van der Waals surface area contributed by atoms with Gasteiger partial charge in [-0.15, -0.1) is 11.3 Å². The molecular formula is C17H14OS. The Kier molecular flexibility index (Phi) is 3.34. The topological polar surface area (TPSA) is 20.2 Å². The summed E-state index contributed by atoms with van der Waals surface area (Å²) in [5, 5.41) is 10.7. The first-order valence-corrected chi connectivity index (χ1v) is 7.11. The van der Waals surface area contributed by atoms with Crippen LogP contribution in [0.2, 0.25) is 0 Å². The first-order chi connectivity index (χ1) is 9.34. The van der Waals surface area contributed by atoms with Gasteiger partial charge in [-0.25, -0.2) is 0 Å². The number of hydrogen-bond acceptors (Lipinski definition) is 2. The van der Waals surface area contributed by atoms with Crippen molar-refractivity contribution in [1.29, 1.82) is 0 Å². The summed E-state index contributed by atoms with van der Waals surface area (Å²) in [6.07, 6.45) is 1.10. The fraction of sp³-hybridized carbons (Fsp3) is 0.0588. The SMILES string of the molecule is Oc1cccs1.c1ccc2c(c1)Cc1ccccc1-2. The maximum Gasteiger partial charge on any atom is 0.171 e. The molecule has 19 heavy (non-hydrogen) atoms. The smallest absolute Gasteiger partial charge is 0.171 e. The average Bonchev–Trinajstić information content (AvgIpc) is 3.06. The number of aromatic hydroxyl groups is 1. The molecule has 1 aromatic heterocycles. The van der Waals surface area contributed by atoms with Gasteiger partial charge in [-0.1, -0.05) is 48.5 Å². The Labute approximate surface area is 116 Å². The van der Waals surface area contributed by atoms with Crippen LogP contribution in [0.25, 0.3) is 11.1 Å². The van der Waals surface area contributed by atoms with Gasteiger partial charge in [-0.3, -0.25) is 0 Å². The van der Waals surface area contributed by atoms with Crippen molar-refractivity contribution in [2.45, 2.75) is 6.42 Å². The lowest BCUT2D eigenvalue weighted by molar-refractivity contribution is 0.491. The second-order valence-corrected chi connectivity index (χ2v) is 5.37. The van der Waals surface area contributed by atoms with Gasteiger partial charge in [0.1, 0.15) is 0 Å². The number of fused-ring (bicyclic) bond motifs is 3. The normalized spacial score (nSPS) is 11.2. The standard InChI is InChI=1S/C13H10.C4H4OS/c1-3-7-12-10(5-1)9-11-6-2-4-8-13(11)12;5-4-2-1-3-6-4/h1-8H,9H2;1-3,5H. The molecule has 2 aromatic carbocycles. The van der Waals surface area contributed by atoms with Crippen molar-refractivity contribution in [2.75, 3.05) is 0 Å². The number of rotatable bonds is 0. The van der Waals surface area contributed by atoms with E-state index in [-0.39, 0.29) is 0 Å². The molecule has 0 aliphatic heterocycles. The first kappa shape index (κ1) is 12.0.